The van der Waals surface area contributed by atoms with Gasteiger partial charge in [0.15, 0.2) is 0 Å². The topological polar surface area (TPSA) is 0 Å². The molecule has 1 atom stereocenters. The third-order valence-corrected chi connectivity index (χ3v) is 13.1. The van der Waals surface area contributed by atoms with Crippen LogP contribution in [-0.4, -0.2) is 9.52 Å². The minimum Gasteiger partial charge on any atom is -1.00 e. The van der Waals surface area contributed by atoms with Gasteiger partial charge in [0.05, 0.1) is 0 Å². The molecular weight excluding hydrogens is 567 g/mol. The molecule has 0 saturated carbocycles. The van der Waals surface area contributed by atoms with E-state index in [1.165, 1.54) is 109 Å². The van der Waals surface area contributed by atoms with Crippen LogP contribution in [0.5, 0.6) is 0 Å². The largest absolute Gasteiger partial charge is 1.00 e. The van der Waals surface area contributed by atoms with Crippen molar-refractivity contribution in [2.24, 2.45) is 0 Å². The minimum absolute atomic E-state index is 0. The molecule has 1 aliphatic rings. The Morgan fingerprint density at radius 3 is 1.38 bits per heavy atom. The molecule has 0 fully saturated rings. The van der Waals surface area contributed by atoms with Gasteiger partial charge in [0.1, 0.15) is 0 Å². The molecule has 210 valence electrons. The number of allylic oxidation sites excluding steroid dienone is 4. The minimum atomic E-state index is -0.382. The van der Waals surface area contributed by atoms with E-state index < -0.39 is 0 Å². The van der Waals surface area contributed by atoms with Crippen molar-refractivity contribution in [3.8, 4) is 0 Å². The van der Waals surface area contributed by atoms with Gasteiger partial charge in [-0.3, -0.25) is 0 Å². The summed E-state index contributed by atoms with van der Waals surface area (Å²) in [6.45, 7) is 9.47. The predicted molar refractivity (Wildman–Crippen MR) is 153 cm³/mol. The standard InChI is InChI=1S/C32H53Si.3ClH.Ti/c1-5-6-7-8-9-10-11-12-13-14-15-16-17-18-19-23-26-32(27-28(2)29(3)30(32)4)33-31-24-21-20-22-25-31;;;;/h20-22,24-25H,5-19,23,26,33H2,1-4H3;3*1H;/q;;;;+3/p-3. The smallest absolute Gasteiger partial charge is 1.00 e. The first-order valence-electron chi connectivity index (χ1n) is 14.7. The maximum absolute atomic E-state index is 2.44. The number of rotatable bonds is 19. The Balaban J connectivity index is 0. The van der Waals surface area contributed by atoms with Gasteiger partial charge in [-0.25, -0.2) is 0 Å². The molecule has 1 aliphatic carbocycles. The van der Waals surface area contributed by atoms with Gasteiger partial charge in [-0.05, 0) is 0 Å². The number of benzene rings is 1. The Morgan fingerprint density at radius 1 is 0.595 bits per heavy atom. The molecule has 0 heterocycles. The second-order valence-corrected chi connectivity index (χ2v) is 14.2. The van der Waals surface area contributed by atoms with Gasteiger partial charge in [-0.2, -0.15) is 0 Å². The maximum Gasteiger partial charge on any atom is -1.00 e. The Hall–Kier alpha value is 0.501. The second kappa shape index (κ2) is 23.2. The molecule has 1 aromatic carbocycles. The van der Waals surface area contributed by atoms with Gasteiger partial charge in [0.2, 0.25) is 0 Å². The van der Waals surface area contributed by atoms with Crippen molar-refractivity contribution in [1.82, 2.24) is 0 Å². The van der Waals surface area contributed by atoms with E-state index in [-0.39, 0.29) is 46.7 Å². The molecule has 0 N–H and O–H groups in total. The van der Waals surface area contributed by atoms with Gasteiger partial charge in [0.25, 0.3) is 0 Å². The van der Waals surface area contributed by atoms with E-state index in [9.17, 15) is 0 Å². The van der Waals surface area contributed by atoms with Gasteiger partial charge in [-0.1, -0.05) is 51.9 Å². The summed E-state index contributed by atoms with van der Waals surface area (Å²) >= 11 is 2.44. The van der Waals surface area contributed by atoms with E-state index in [1.807, 2.05) is 0 Å². The molecule has 0 amide bonds. The normalized spacial score (nSPS) is 17.2. The van der Waals surface area contributed by atoms with Crippen LogP contribution in [0.25, 0.3) is 0 Å². The first kappa shape index (κ1) is 39.6. The Kier molecular flexibility index (Phi) is 24.9. The van der Waals surface area contributed by atoms with Crippen LogP contribution in [-0.2, 0) is 20.4 Å². The van der Waals surface area contributed by atoms with Crippen LogP contribution < -0.4 is 42.4 Å². The molecule has 2 rings (SSSR count). The molecular formula is C32H53Cl3SiTi. The van der Waals surface area contributed by atoms with Crippen LogP contribution in [0.3, 0.4) is 0 Å². The molecule has 1 unspecified atom stereocenters. The average Bonchev–Trinajstić information content (AvgIpc) is 3.00. The first-order chi connectivity index (χ1) is 16.5. The zero-order valence-electron chi connectivity index (χ0n) is 24.2. The van der Waals surface area contributed by atoms with E-state index in [2.05, 4.69) is 78.5 Å². The van der Waals surface area contributed by atoms with Crippen molar-refractivity contribution in [2.45, 2.75) is 142 Å². The molecule has 0 radical (unpaired) electrons. The van der Waals surface area contributed by atoms with Crippen LogP contribution in [0.4, 0.5) is 0 Å². The molecule has 0 aliphatic heterocycles. The molecule has 0 saturated heterocycles. The Labute approximate surface area is 263 Å². The fraction of sp³-hybridized carbons (Fsp3) is 0.688. The Bertz CT molecular complexity index is 737. The molecule has 0 spiro atoms. The van der Waals surface area contributed by atoms with Crippen molar-refractivity contribution in [3.05, 3.63) is 50.9 Å². The summed E-state index contributed by atoms with van der Waals surface area (Å²) in [5, 5.41) is 2.02. The van der Waals surface area contributed by atoms with Gasteiger partial charge in [-0.15, -0.1) is 0 Å². The van der Waals surface area contributed by atoms with Crippen LogP contribution in [0.1, 0.15) is 137 Å². The summed E-state index contributed by atoms with van der Waals surface area (Å²) < 4.78 is 1.69. The van der Waals surface area contributed by atoms with E-state index in [0.29, 0.717) is 5.04 Å². The van der Waals surface area contributed by atoms with Gasteiger partial charge in [0, 0.05) is 0 Å². The third kappa shape index (κ3) is 13.6. The van der Waals surface area contributed by atoms with E-state index >= 15 is 0 Å². The van der Waals surface area contributed by atoms with Gasteiger partial charge < -0.3 is 37.2 Å². The second-order valence-electron chi connectivity index (χ2n) is 11.0. The summed E-state index contributed by atoms with van der Waals surface area (Å²) in [6, 6.07) is 11.4. The van der Waals surface area contributed by atoms with E-state index in [1.54, 1.807) is 25.8 Å². The SMILES string of the molecule is CCCCCCCCCCCCCCCCCCC1([SiH2]c2ccccc2)C(C)=C(C)C(C)=[C]1[Ti+3].[Cl-].[Cl-].[Cl-]. The van der Waals surface area contributed by atoms with Crippen LogP contribution in [0, 0.1) is 0 Å². The molecule has 0 bridgehead atoms. The summed E-state index contributed by atoms with van der Waals surface area (Å²) in [5.41, 5.74) is 4.86. The fourth-order valence-electron chi connectivity index (χ4n) is 5.92. The molecule has 1 aromatic rings. The van der Waals surface area contributed by atoms with Crippen molar-refractivity contribution >= 4 is 14.7 Å². The molecule has 0 nitrogen and oxygen atoms in total. The zero-order chi connectivity index (χ0) is 24.7. The first-order valence-corrected chi connectivity index (χ1v) is 16.9. The van der Waals surface area contributed by atoms with Crippen molar-refractivity contribution in [2.75, 3.05) is 0 Å². The van der Waals surface area contributed by atoms with Crippen LogP contribution >= 0.6 is 0 Å². The van der Waals surface area contributed by atoms with E-state index in [0.717, 1.165) is 0 Å². The van der Waals surface area contributed by atoms with Gasteiger partial charge >= 0.3 is 176 Å². The fourth-order valence-corrected chi connectivity index (χ4v) is 9.71. The number of halogens is 3. The summed E-state index contributed by atoms with van der Waals surface area (Å²) in [4.78, 5) is 0. The average molecular weight is 620 g/mol. The van der Waals surface area contributed by atoms with Crippen molar-refractivity contribution < 1.29 is 57.7 Å². The summed E-state index contributed by atoms with van der Waals surface area (Å²) in [7, 11) is -0.382. The summed E-state index contributed by atoms with van der Waals surface area (Å²) in [5.74, 6) is 0. The van der Waals surface area contributed by atoms with Crippen LogP contribution in [0.2, 0.25) is 5.04 Å². The zero-order valence-corrected chi connectivity index (χ0v) is 29.5. The Morgan fingerprint density at radius 2 is 1.00 bits per heavy atom. The van der Waals surface area contributed by atoms with Crippen LogP contribution in [0.15, 0.2) is 50.9 Å². The molecule has 5 heteroatoms. The molecule has 0 aromatic heterocycles. The number of hydrogen-bond acceptors (Lipinski definition) is 0. The monoisotopic (exact) mass is 618 g/mol. The quantitative estimate of drug-likeness (QED) is 0.156. The third-order valence-electron chi connectivity index (χ3n) is 8.50. The number of unbranched alkanes of at least 4 members (excludes halogenated alkanes) is 15. The molecule has 37 heavy (non-hydrogen) atoms. The predicted octanol–water partition coefficient (Wildman–Crippen LogP) is 0.474. The maximum atomic E-state index is 2.44. The van der Waals surface area contributed by atoms with Crippen molar-refractivity contribution in [1.29, 1.82) is 0 Å². The van der Waals surface area contributed by atoms with E-state index in [4.69, 9.17) is 0 Å². The number of hydrogen-bond donors (Lipinski definition) is 0. The van der Waals surface area contributed by atoms with Crippen molar-refractivity contribution in [3.63, 3.8) is 0 Å². The summed E-state index contributed by atoms with van der Waals surface area (Å²) in [6.07, 6.45) is 24.5.